The van der Waals surface area contributed by atoms with Crippen molar-refractivity contribution >= 4 is 21.9 Å². The molecule has 144 valence electrons. The van der Waals surface area contributed by atoms with Crippen molar-refractivity contribution in [3.63, 3.8) is 0 Å². The van der Waals surface area contributed by atoms with Crippen LogP contribution < -0.4 is 0 Å². The first-order valence-corrected chi connectivity index (χ1v) is 9.34. The largest absolute Gasteiger partial charge is 0.352 e. The molecule has 1 aromatic carbocycles. The molecule has 0 aliphatic heterocycles. The van der Waals surface area contributed by atoms with E-state index in [0.717, 1.165) is 44.5 Å². The summed E-state index contributed by atoms with van der Waals surface area (Å²) in [5.74, 6) is -0.286. The third-order valence-corrected chi connectivity index (χ3v) is 5.17. The molecule has 0 aliphatic carbocycles. The Bertz CT molecular complexity index is 1510. The fourth-order valence-electron chi connectivity index (χ4n) is 3.71. The molecule has 0 bridgehead atoms. The van der Waals surface area contributed by atoms with Crippen molar-refractivity contribution in [3.05, 3.63) is 73.1 Å². The Morgan fingerprint density at radius 3 is 2.70 bits per heavy atom. The second-order valence-corrected chi connectivity index (χ2v) is 6.96. The standard InChI is InChI=1S/C22H14FN7/c23-16-4-2-1-3-13(16)15-10-24-11-20-14(15)7-19(27-20)22-21-18(29-30-22)6-5-17(28-21)12-8-25-26-9-12/h1-11,27H,(H,25,26)(H,29,30). The number of hydrogen-bond acceptors (Lipinski definition) is 4. The predicted molar refractivity (Wildman–Crippen MR) is 112 cm³/mol. The number of pyridine rings is 2. The summed E-state index contributed by atoms with van der Waals surface area (Å²) < 4.78 is 14.4. The lowest BCUT2D eigenvalue weighted by Crippen LogP contribution is -1.85. The molecule has 8 heteroatoms. The molecule has 6 rings (SSSR count). The van der Waals surface area contributed by atoms with E-state index in [9.17, 15) is 4.39 Å². The lowest BCUT2D eigenvalue weighted by Gasteiger charge is -2.03. The van der Waals surface area contributed by atoms with Crippen molar-refractivity contribution < 1.29 is 4.39 Å². The topological polar surface area (TPSA) is 98.9 Å². The maximum atomic E-state index is 14.4. The van der Waals surface area contributed by atoms with E-state index < -0.39 is 0 Å². The van der Waals surface area contributed by atoms with Gasteiger partial charge in [0.25, 0.3) is 0 Å². The molecule has 5 heterocycles. The maximum Gasteiger partial charge on any atom is 0.135 e. The van der Waals surface area contributed by atoms with E-state index in [4.69, 9.17) is 4.98 Å². The molecular formula is C22H14FN7. The summed E-state index contributed by atoms with van der Waals surface area (Å²) in [6.45, 7) is 0. The fourth-order valence-corrected chi connectivity index (χ4v) is 3.71. The molecule has 6 aromatic rings. The normalized spacial score (nSPS) is 11.5. The number of hydrogen-bond donors (Lipinski definition) is 3. The number of benzene rings is 1. The van der Waals surface area contributed by atoms with Gasteiger partial charge in [-0.15, -0.1) is 0 Å². The van der Waals surface area contributed by atoms with Crippen LogP contribution in [0.1, 0.15) is 0 Å². The number of aromatic amines is 3. The summed E-state index contributed by atoms with van der Waals surface area (Å²) in [5, 5.41) is 15.2. The Hall–Kier alpha value is -4.33. The number of halogens is 1. The zero-order valence-electron chi connectivity index (χ0n) is 15.5. The van der Waals surface area contributed by atoms with E-state index in [2.05, 4.69) is 30.4 Å². The smallest absolute Gasteiger partial charge is 0.135 e. The average molecular weight is 395 g/mol. The van der Waals surface area contributed by atoms with Crippen molar-refractivity contribution in [2.75, 3.05) is 0 Å². The second-order valence-electron chi connectivity index (χ2n) is 6.96. The Kier molecular flexibility index (Phi) is 3.51. The van der Waals surface area contributed by atoms with Crippen LogP contribution in [-0.2, 0) is 0 Å². The molecule has 3 N–H and O–H groups in total. The van der Waals surface area contributed by atoms with Gasteiger partial charge in [-0.25, -0.2) is 9.37 Å². The Morgan fingerprint density at radius 1 is 0.900 bits per heavy atom. The highest BCUT2D eigenvalue weighted by Gasteiger charge is 2.16. The van der Waals surface area contributed by atoms with E-state index >= 15 is 0 Å². The summed E-state index contributed by atoms with van der Waals surface area (Å²) in [6, 6.07) is 12.5. The molecule has 0 atom stereocenters. The number of rotatable bonds is 3. The summed E-state index contributed by atoms with van der Waals surface area (Å²) >= 11 is 0. The van der Waals surface area contributed by atoms with Crippen LogP contribution in [0.3, 0.4) is 0 Å². The van der Waals surface area contributed by atoms with Crippen LogP contribution in [-0.4, -0.2) is 35.3 Å². The van der Waals surface area contributed by atoms with E-state index in [-0.39, 0.29) is 5.82 Å². The van der Waals surface area contributed by atoms with Crippen LogP contribution in [0.4, 0.5) is 4.39 Å². The Labute approximate surface area is 169 Å². The van der Waals surface area contributed by atoms with Crippen LogP contribution in [0.25, 0.3) is 55.7 Å². The Balaban J connectivity index is 1.54. The summed E-state index contributed by atoms with van der Waals surface area (Å²) in [7, 11) is 0. The second kappa shape index (κ2) is 6.35. The zero-order valence-corrected chi connectivity index (χ0v) is 15.5. The van der Waals surface area contributed by atoms with Gasteiger partial charge in [0.1, 0.15) is 17.0 Å². The minimum absolute atomic E-state index is 0.286. The van der Waals surface area contributed by atoms with Gasteiger partial charge < -0.3 is 4.98 Å². The van der Waals surface area contributed by atoms with Crippen LogP contribution in [0, 0.1) is 5.82 Å². The summed E-state index contributed by atoms with van der Waals surface area (Å²) in [4.78, 5) is 12.4. The van der Waals surface area contributed by atoms with Gasteiger partial charge in [-0.05, 0) is 24.3 Å². The fraction of sp³-hybridized carbons (Fsp3) is 0. The first kappa shape index (κ1) is 16.6. The van der Waals surface area contributed by atoms with Crippen LogP contribution in [0.15, 0.2) is 67.3 Å². The van der Waals surface area contributed by atoms with E-state index in [1.165, 1.54) is 6.07 Å². The molecule has 0 saturated heterocycles. The molecule has 0 unspecified atom stereocenters. The SMILES string of the molecule is Fc1ccccc1-c1cncc2[nH]c(-c3n[nH]c4ccc(-c5cn[nH]c5)nc34)cc12. The van der Waals surface area contributed by atoms with Gasteiger partial charge in [-0.2, -0.15) is 10.2 Å². The monoisotopic (exact) mass is 395 g/mol. The van der Waals surface area contributed by atoms with Crippen molar-refractivity contribution in [2.45, 2.75) is 0 Å². The predicted octanol–water partition coefficient (Wildman–Crippen LogP) is 4.70. The van der Waals surface area contributed by atoms with Crippen LogP contribution in [0.2, 0.25) is 0 Å². The average Bonchev–Trinajstić information content (AvgIpc) is 3.51. The van der Waals surface area contributed by atoms with E-state index in [1.807, 2.05) is 24.3 Å². The highest BCUT2D eigenvalue weighted by molar-refractivity contribution is 6.00. The van der Waals surface area contributed by atoms with Crippen LogP contribution >= 0.6 is 0 Å². The zero-order chi connectivity index (χ0) is 20.1. The minimum Gasteiger partial charge on any atom is -0.352 e. The maximum absolute atomic E-state index is 14.4. The lowest BCUT2D eigenvalue weighted by atomic mass is 10.0. The van der Waals surface area contributed by atoms with Gasteiger partial charge in [-0.3, -0.25) is 15.2 Å². The lowest BCUT2D eigenvalue weighted by molar-refractivity contribution is 0.631. The van der Waals surface area contributed by atoms with Crippen molar-refractivity contribution in [1.29, 1.82) is 0 Å². The molecule has 0 radical (unpaired) electrons. The molecule has 0 spiro atoms. The van der Waals surface area contributed by atoms with Gasteiger partial charge in [0.05, 0.1) is 34.8 Å². The number of fused-ring (bicyclic) bond motifs is 2. The molecule has 0 amide bonds. The highest BCUT2D eigenvalue weighted by atomic mass is 19.1. The van der Waals surface area contributed by atoms with Crippen molar-refractivity contribution in [1.82, 2.24) is 35.3 Å². The highest BCUT2D eigenvalue weighted by Crippen LogP contribution is 2.34. The van der Waals surface area contributed by atoms with E-state index in [1.54, 1.807) is 36.9 Å². The third-order valence-electron chi connectivity index (χ3n) is 5.17. The summed E-state index contributed by atoms with van der Waals surface area (Å²) in [5.41, 5.74) is 6.74. The molecule has 30 heavy (non-hydrogen) atoms. The third kappa shape index (κ3) is 2.51. The van der Waals surface area contributed by atoms with Crippen molar-refractivity contribution in [3.8, 4) is 33.8 Å². The van der Waals surface area contributed by atoms with Gasteiger partial charge in [0.2, 0.25) is 0 Å². The Morgan fingerprint density at radius 2 is 1.83 bits per heavy atom. The van der Waals surface area contributed by atoms with Gasteiger partial charge in [-0.1, -0.05) is 18.2 Å². The number of aromatic nitrogens is 7. The van der Waals surface area contributed by atoms with Crippen molar-refractivity contribution in [2.24, 2.45) is 0 Å². The number of nitrogens with zero attached hydrogens (tertiary/aromatic N) is 4. The quantitative estimate of drug-likeness (QED) is 0.404. The van der Waals surface area contributed by atoms with E-state index in [0.29, 0.717) is 11.3 Å². The van der Waals surface area contributed by atoms with Crippen LogP contribution in [0.5, 0.6) is 0 Å². The summed E-state index contributed by atoms with van der Waals surface area (Å²) in [6.07, 6.45) is 6.92. The molecule has 5 aromatic heterocycles. The molecule has 0 fully saturated rings. The van der Waals surface area contributed by atoms with Gasteiger partial charge >= 0.3 is 0 Å². The van der Waals surface area contributed by atoms with Gasteiger partial charge in [0, 0.05) is 34.5 Å². The minimum atomic E-state index is -0.286. The number of nitrogens with one attached hydrogen (secondary N) is 3. The molecule has 0 saturated carbocycles. The van der Waals surface area contributed by atoms with Gasteiger partial charge in [0.15, 0.2) is 0 Å². The molecular weight excluding hydrogens is 381 g/mol. The first-order chi connectivity index (χ1) is 14.8. The molecule has 0 aliphatic rings. The molecule has 7 nitrogen and oxygen atoms in total. The first-order valence-electron chi connectivity index (χ1n) is 9.34. The number of H-pyrrole nitrogens is 3.